The SMILES string of the molecule is O=C(O)CSCCNC(=O)[C@@H]1OCC[C@@H]1NC(=O)OCC1c2ccccc2-c2ccccc21. The van der Waals surface area contributed by atoms with Gasteiger partial charge in [0.05, 0.1) is 11.8 Å². The molecule has 1 fully saturated rings. The summed E-state index contributed by atoms with van der Waals surface area (Å²) in [6.07, 6.45) is -0.868. The Labute approximate surface area is 196 Å². The average molecular weight is 471 g/mol. The number of carbonyl (C=O) groups is 3. The molecule has 2 atom stereocenters. The van der Waals surface area contributed by atoms with Gasteiger partial charge in [0.15, 0.2) is 6.10 Å². The molecule has 4 rings (SSSR count). The predicted molar refractivity (Wildman–Crippen MR) is 124 cm³/mol. The zero-order valence-electron chi connectivity index (χ0n) is 18.0. The van der Waals surface area contributed by atoms with Gasteiger partial charge in [0, 0.05) is 24.8 Å². The summed E-state index contributed by atoms with van der Waals surface area (Å²) >= 11 is 1.22. The minimum absolute atomic E-state index is 0.0121. The minimum atomic E-state index is -0.891. The molecule has 2 aromatic carbocycles. The lowest BCUT2D eigenvalue weighted by molar-refractivity contribution is -0.134. The van der Waals surface area contributed by atoms with Crippen LogP contribution in [0.5, 0.6) is 0 Å². The number of amides is 2. The van der Waals surface area contributed by atoms with Crippen molar-refractivity contribution in [3.8, 4) is 11.1 Å². The van der Waals surface area contributed by atoms with Crippen LogP contribution < -0.4 is 10.6 Å². The van der Waals surface area contributed by atoms with Crippen molar-refractivity contribution in [2.45, 2.75) is 24.5 Å². The van der Waals surface area contributed by atoms with Gasteiger partial charge in [-0.25, -0.2) is 4.79 Å². The van der Waals surface area contributed by atoms with Gasteiger partial charge in [-0.05, 0) is 28.7 Å². The lowest BCUT2D eigenvalue weighted by Crippen LogP contribution is -2.48. The van der Waals surface area contributed by atoms with Gasteiger partial charge in [0.25, 0.3) is 5.91 Å². The van der Waals surface area contributed by atoms with Crippen molar-refractivity contribution >= 4 is 29.7 Å². The van der Waals surface area contributed by atoms with Crippen LogP contribution in [-0.2, 0) is 19.1 Å². The molecular formula is C24H26N2O6S. The Kier molecular flexibility index (Phi) is 7.51. The third kappa shape index (κ3) is 5.48. The number of hydrogen-bond acceptors (Lipinski definition) is 6. The lowest BCUT2D eigenvalue weighted by Gasteiger charge is -2.20. The molecule has 1 heterocycles. The number of ether oxygens (including phenoxy) is 2. The van der Waals surface area contributed by atoms with E-state index in [1.165, 1.54) is 11.8 Å². The van der Waals surface area contributed by atoms with E-state index in [0.717, 1.165) is 22.3 Å². The number of thioether (sulfide) groups is 1. The molecule has 9 heteroatoms. The van der Waals surface area contributed by atoms with Crippen molar-refractivity contribution in [3.63, 3.8) is 0 Å². The molecule has 8 nitrogen and oxygen atoms in total. The molecular weight excluding hydrogens is 444 g/mol. The second-order valence-corrected chi connectivity index (χ2v) is 9.00. The number of benzene rings is 2. The van der Waals surface area contributed by atoms with E-state index in [1.807, 2.05) is 24.3 Å². The van der Waals surface area contributed by atoms with E-state index in [2.05, 4.69) is 34.9 Å². The van der Waals surface area contributed by atoms with Crippen LogP contribution in [0, 0.1) is 0 Å². The van der Waals surface area contributed by atoms with E-state index in [0.29, 0.717) is 25.3 Å². The number of nitrogens with one attached hydrogen (secondary N) is 2. The van der Waals surface area contributed by atoms with Crippen LogP contribution in [0.25, 0.3) is 11.1 Å². The Balaban J connectivity index is 1.28. The molecule has 0 saturated carbocycles. The third-order valence-electron chi connectivity index (χ3n) is 5.77. The predicted octanol–water partition coefficient (Wildman–Crippen LogP) is 2.62. The van der Waals surface area contributed by atoms with Crippen molar-refractivity contribution in [2.75, 3.05) is 31.3 Å². The number of fused-ring (bicyclic) bond motifs is 3. The van der Waals surface area contributed by atoms with E-state index >= 15 is 0 Å². The summed E-state index contributed by atoms with van der Waals surface area (Å²) in [5.41, 5.74) is 4.58. The topological polar surface area (TPSA) is 114 Å². The molecule has 2 aliphatic rings. The van der Waals surface area contributed by atoms with Gasteiger partial charge >= 0.3 is 12.1 Å². The van der Waals surface area contributed by atoms with E-state index in [1.54, 1.807) is 0 Å². The van der Waals surface area contributed by atoms with Crippen LogP contribution in [0.15, 0.2) is 48.5 Å². The molecule has 3 N–H and O–H groups in total. The van der Waals surface area contributed by atoms with Crippen molar-refractivity contribution in [1.82, 2.24) is 10.6 Å². The maximum atomic E-state index is 12.5. The molecule has 0 radical (unpaired) electrons. The van der Waals surface area contributed by atoms with E-state index < -0.39 is 24.2 Å². The molecule has 2 aromatic rings. The zero-order chi connectivity index (χ0) is 23.2. The van der Waals surface area contributed by atoms with E-state index in [-0.39, 0.29) is 24.2 Å². The molecule has 0 spiro atoms. The largest absolute Gasteiger partial charge is 0.481 e. The molecule has 2 amide bonds. The van der Waals surface area contributed by atoms with Crippen LogP contribution in [-0.4, -0.2) is 66.5 Å². The molecule has 33 heavy (non-hydrogen) atoms. The van der Waals surface area contributed by atoms with Crippen LogP contribution in [0.4, 0.5) is 4.79 Å². The minimum Gasteiger partial charge on any atom is -0.481 e. The highest BCUT2D eigenvalue weighted by atomic mass is 32.2. The Hall–Kier alpha value is -3.04. The van der Waals surface area contributed by atoms with Gasteiger partial charge in [-0.15, -0.1) is 11.8 Å². The monoisotopic (exact) mass is 470 g/mol. The van der Waals surface area contributed by atoms with Crippen LogP contribution >= 0.6 is 11.8 Å². The van der Waals surface area contributed by atoms with Crippen molar-refractivity contribution in [3.05, 3.63) is 59.7 Å². The highest BCUT2D eigenvalue weighted by molar-refractivity contribution is 7.99. The maximum Gasteiger partial charge on any atom is 0.407 e. The Morgan fingerprint density at radius 2 is 1.73 bits per heavy atom. The Morgan fingerprint density at radius 1 is 1.06 bits per heavy atom. The molecule has 0 bridgehead atoms. The van der Waals surface area contributed by atoms with Gasteiger partial charge in [-0.2, -0.15) is 0 Å². The van der Waals surface area contributed by atoms with E-state index in [9.17, 15) is 14.4 Å². The zero-order valence-corrected chi connectivity index (χ0v) is 18.8. The summed E-state index contributed by atoms with van der Waals surface area (Å²) in [5, 5.41) is 14.1. The Bertz CT molecular complexity index is 984. The number of carboxylic acids is 1. The normalized spacial score (nSPS) is 18.9. The molecule has 1 saturated heterocycles. The number of rotatable bonds is 9. The molecule has 0 unspecified atom stereocenters. The van der Waals surface area contributed by atoms with E-state index in [4.69, 9.17) is 14.6 Å². The third-order valence-corrected chi connectivity index (χ3v) is 6.71. The summed E-state index contributed by atoms with van der Waals surface area (Å²) in [7, 11) is 0. The molecule has 1 aliphatic heterocycles. The first-order valence-electron chi connectivity index (χ1n) is 10.8. The summed E-state index contributed by atoms with van der Waals surface area (Å²) in [5.74, 6) is -0.785. The fourth-order valence-electron chi connectivity index (χ4n) is 4.29. The second kappa shape index (κ2) is 10.7. The van der Waals surface area contributed by atoms with Crippen molar-refractivity contribution in [1.29, 1.82) is 0 Å². The number of aliphatic carboxylic acids is 1. The van der Waals surface area contributed by atoms with Gasteiger partial charge in [-0.3, -0.25) is 9.59 Å². The van der Waals surface area contributed by atoms with Crippen LogP contribution in [0.3, 0.4) is 0 Å². The van der Waals surface area contributed by atoms with Gasteiger partial charge in [0.1, 0.15) is 6.61 Å². The first-order valence-corrected chi connectivity index (χ1v) is 12.0. The van der Waals surface area contributed by atoms with Crippen molar-refractivity contribution in [2.24, 2.45) is 0 Å². The first kappa shape index (κ1) is 23.1. The summed E-state index contributed by atoms with van der Waals surface area (Å²) in [6, 6.07) is 15.8. The lowest BCUT2D eigenvalue weighted by atomic mass is 9.98. The first-order chi connectivity index (χ1) is 16.0. The molecule has 1 aliphatic carbocycles. The fourth-order valence-corrected chi connectivity index (χ4v) is 4.86. The summed E-state index contributed by atoms with van der Waals surface area (Å²) < 4.78 is 11.1. The van der Waals surface area contributed by atoms with Crippen molar-refractivity contribution < 1.29 is 29.0 Å². The quantitative estimate of drug-likeness (QED) is 0.483. The highest BCUT2D eigenvalue weighted by Gasteiger charge is 2.36. The number of carboxylic acid groups (broad SMARTS) is 1. The fraction of sp³-hybridized carbons (Fsp3) is 0.375. The Morgan fingerprint density at radius 3 is 2.39 bits per heavy atom. The van der Waals surface area contributed by atoms with Crippen LogP contribution in [0.1, 0.15) is 23.5 Å². The summed E-state index contributed by atoms with van der Waals surface area (Å²) in [6.45, 7) is 0.888. The number of carbonyl (C=O) groups excluding carboxylic acids is 2. The number of hydrogen-bond donors (Lipinski definition) is 3. The standard InChI is InChI=1S/C24H26N2O6S/c27-21(28)14-33-12-10-25-23(29)22-20(9-11-31-22)26-24(30)32-13-19-17-7-3-1-5-15(17)16-6-2-4-8-18(16)19/h1-8,19-20,22H,9-14H2,(H,25,29)(H,26,30)(H,27,28)/t20-,22+/m0/s1. The van der Waals surface area contributed by atoms with Crippen LogP contribution in [0.2, 0.25) is 0 Å². The average Bonchev–Trinajstić information content (AvgIpc) is 3.39. The summed E-state index contributed by atoms with van der Waals surface area (Å²) in [4.78, 5) is 35.5. The smallest absolute Gasteiger partial charge is 0.407 e. The second-order valence-electron chi connectivity index (χ2n) is 7.89. The highest BCUT2D eigenvalue weighted by Crippen LogP contribution is 2.44. The maximum absolute atomic E-state index is 12.5. The van der Waals surface area contributed by atoms with Gasteiger partial charge in [0.2, 0.25) is 0 Å². The van der Waals surface area contributed by atoms with Gasteiger partial charge in [-0.1, -0.05) is 48.5 Å². The number of alkyl carbamates (subject to hydrolysis) is 1. The molecule has 0 aromatic heterocycles. The molecule has 174 valence electrons. The van der Waals surface area contributed by atoms with Gasteiger partial charge < -0.3 is 25.2 Å².